The van der Waals surface area contributed by atoms with Crippen LogP contribution in [0.1, 0.15) is 60.6 Å². The Hall–Kier alpha value is -2.16. The lowest BCUT2D eigenvalue weighted by Crippen LogP contribution is -2.35. The third-order valence-electron chi connectivity index (χ3n) is 4.28. The fraction of sp³-hybridized carbons (Fsp3) is 0.562. The van der Waals surface area contributed by atoms with Crippen molar-refractivity contribution in [3.63, 3.8) is 0 Å². The molecule has 0 aromatic carbocycles. The molecule has 9 heteroatoms. The molecule has 0 atom stereocenters. The first kappa shape index (κ1) is 17.7. The number of aromatic nitrogens is 4. The normalized spacial score (nSPS) is 15.8. The molecule has 8 nitrogen and oxygen atoms in total. The highest BCUT2D eigenvalue weighted by molar-refractivity contribution is 7.98. The van der Waals surface area contributed by atoms with Crippen molar-refractivity contribution in [2.75, 3.05) is 24.2 Å². The van der Waals surface area contributed by atoms with Gasteiger partial charge in [-0.3, -0.25) is 0 Å². The molecule has 2 aromatic rings. The Bertz CT molecular complexity index is 756. The predicted molar refractivity (Wildman–Crippen MR) is 93.3 cm³/mol. The van der Waals surface area contributed by atoms with E-state index in [2.05, 4.69) is 20.1 Å². The Balaban J connectivity index is 1.74. The van der Waals surface area contributed by atoms with Gasteiger partial charge in [-0.15, -0.1) is 0 Å². The number of nitrogens with zero attached hydrogens (tertiary/aromatic N) is 5. The van der Waals surface area contributed by atoms with Gasteiger partial charge in [-0.25, -0.2) is 14.8 Å². The molecule has 134 valence electrons. The Morgan fingerprint density at radius 2 is 2.08 bits per heavy atom. The first-order valence-corrected chi connectivity index (χ1v) is 9.44. The van der Waals surface area contributed by atoms with Crippen molar-refractivity contribution in [2.24, 2.45) is 0 Å². The molecule has 1 N–H and O–H groups in total. The van der Waals surface area contributed by atoms with E-state index in [0.29, 0.717) is 30.0 Å². The molecule has 0 saturated carbocycles. The molecule has 0 aliphatic carbocycles. The molecule has 3 rings (SSSR count). The molecule has 1 aliphatic heterocycles. The number of hydrogen-bond acceptors (Lipinski definition) is 8. The van der Waals surface area contributed by atoms with E-state index < -0.39 is 5.97 Å². The zero-order valence-corrected chi connectivity index (χ0v) is 15.3. The minimum atomic E-state index is -1.01. The minimum absolute atomic E-state index is 0.135. The third-order valence-corrected chi connectivity index (χ3v) is 4.84. The van der Waals surface area contributed by atoms with E-state index >= 15 is 0 Å². The fourth-order valence-electron chi connectivity index (χ4n) is 2.83. The zero-order valence-electron chi connectivity index (χ0n) is 14.5. The average molecular weight is 363 g/mol. The van der Waals surface area contributed by atoms with Gasteiger partial charge in [0.05, 0.1) is 0 Å². The van der Waals surface area contributed by atoms with Crippen LogP contribution in [0.4, 0.5) is 5.82 Å². The van der Waals surface area contributed by atoms with Gasteiger partial charge in [0.25, 0.3) is 0 Å². The summed E-state index contributed by atoms with van der Waals surface area (Å²) in [6.45, 7) is 5.44. The second-order valence-corrected chi connectivity index (χ2v) is 7.08. The van der Waals surface area contributed by atoms with Crippen LogP contribution >= 0.6 is 11.8 Å². The van der Waals surface area contributed by atoms with Gasteiger partial charge in [-0.2, -0.15) is 4.98 Å². The summed E-state index contributed by atoms with van der Waals surface area (Å²) in [7, 11) is 0. The van der Waals surface area contributed by atoms with Gasteiger partial charge in [0, 0.05) is 31.1 Å². The lowest BCUT2D eigenvalue weighted by molar-refractivity contribution is 0.0696. The van der Waals surface area contributed by atoms with Crippen molar-refractivity contribution in [3.8, 4) is 0 Å². The van der Waals surface area contributed by atoms with Crippen molar-refractivity contribution in [3.05, 3.63) is 23.5 Å². The molecule has 0 spiro atoms. The van der Waals surface area contributed by atoms with Crippen LogP contribution in [0.3, 0.4) is 0 Å². The highest BCUT2D eigenvalue weighted by atomic mass is 32.2. The van der Waals surface area contributed by atoms with Crippen LogP contribution in [0.15, 0.2) is 15.9 Å². The molecule has 0 bridgehead atoms. The van der Waals surface area contributed by atoms with Gasteiger partial charge in [0.2, 0.25) is 5.89 Å². The van der Waals surface area contributed by atoms with Crippen LogP contribution in [0.2, 0.25) is 0 Å². The molecule has 1 aliphatic rings. The number of carboxylic acid groups (broad SMARTS) is 1. The van der Waals surface area contributed by atoms with E-state index in [4.69, 9.17) is 4.52 Å². The summed E-state index contributed by atoms with van der Waals surface area (Å²) in [5.41, 5.74) is 0.135. The average Bonchev–Trinajstić information content (AvgIpc) is 3.11. The Morgan fingerprint density at radius 3 is 2.64 bits per heavy atom. The van der Waals surface area contributed by atoms with Crippen molar-refractivity contribution in [1.82, 2.24) is 20.1 Å². The summed E-state index contributed by atoms with van der Waals surface area (Å²) in [5, 5.41) is 14.0. The van der Waals surface area contributed by atoms with Crippen LogP contribution in [0, 0.1) is 0 Å². The Labute approximate surface area is 150 Å². The van der Waals surface area contributed by atoms with Gasteiger partial charge >= 0.3 is 5.97 Å². The van der Waals surface area contributed by atoms with E-state index in [0.717, 1.165) is 18.7 Å². The van der Waals surface area contributed by atoms with Gasteiger partial charge in [-0.05, 0) is 19.1 Å². The molecule has 1 saturated heterocycles. The molecule has 0 radical (unpaired) electrons. The number of aromatic carboxylic acids is 1. The maximum Gasteiger partial charge on any atom is 0.341 e. The molecule has 1 fully saturated rings. The lowest BCUT2D eigenvalue weighted by Gasteiger charge is -2.32. The Kier molecular flexibility index (Phi) is 5.22. The van der Waals surface area contributed by atoms with Crippen LogP contribution in [0.5, 0.6) is 0 Å². The van der Waals surface area contributed by atoms with E-state index in [1.807, 2.05) is 25.0 Å². The summed E-state index contributed by atoms with van der Waals surface area (Å²) in [4.78, 5) is 26.4. The van der Waals surface area contributed by atoms with E-state index in [9.17, 15) is 9.90 Å². The highest BCUT2D eigenvalue weighted by Gasteiger charge is 2.28. The highest BCUT2D eigenvalue weighted by Crippen LogP contribution is 2.31. The monoisotopic (exact) mass is 363 g/mol. The molecular formula is C16H21N5O3S. The van der Waals surface area contributed by atoms with Crippen LogP contribution in [-0.4, -0.2) is 50.5 Å². The molecule has 2 aromatic heterocycles. The standard InChI is InChI=1S/C16H21N5O3S/c1-9(2)12-18-14(24-20-12)10-4-6-21(7-5-10)13-11(15(22)23)8-17-16(19-13)25-3/h8-10H,4-7H2,1-3H3,(H,22,23). The second-order valence-electron chi connectivity index (χ2n) is 6.31. The maximum atomic E-state index is 11.5. The summed E-state index contributed by atoms with van der Waals surface area (Å²) in [6, 6.07) is 0. The topological polar surface area (TPSA) is 105 Å². The largest absolute Gasteiger partial charge is 0.477 e. The van der Waals surface area contributed by atoms with Gasteiger partial charge in [0.15, 0.2) is 11.0 Å². The first-order chi connectivity index (χ1) is 12.0. The van der Waals surface area contributed by atoms with E-state index in [-0.39, 0.29) is 17.4 Å². The molecule has 0 amide bonds. The maximum absolute atomic E-state index is 11.5. The lowest BCUT2D eigenvalue weighted by atomic mass is 9.96. The zero-order chi connectivity index (χ0) is 18.0. The van der Waals surface area contributed by atoms with Gasteiger partial charge in [0.1, 0.15) is 11.4 Å². The summed E-state index contributed by atoms with van der Waals surface area (Å²) >= 11 is 1.40. The van der Waals surface area contributed by atoms with Crippen molar-refractivity contribution in [2.45, 2.75) is 43.7 Å². The molecular weight excluding hydrogens is 342 g/mol. The van der Waals surface area contributed by atoms with Crippen molar-refractivity contribution >= 4 is 23.5 Å². The number of anilines is 1. The number of rotatable bonds is 5. The molecule has 25 heavy (non-hydrogen) atoms. The number of carbonyl (C=O) groups is 1. The van der Waals surface area contributed by atoms with Gasteiger partial charge in [-0.1, -0.05) is 30.8 Å². The molecule has 0 unspecified atom stereocenters. The fourth-order valence-corrected chi connectivity index (χ4v) is 3.17. The van der Waals surface area contributed by atoms with Crippen LogP contribution in [0.25, 0.3) is 0 Å². The van der Waals surface area contributed by atoms with Crippen LogP contribution < -0.4 is 4.90 Å². The quantitative estimate of drug-likeness (QED) is 0.634. The SMILES string of the molecule is CSc1ncc(C(=O)O)c(N2CCC(c3nc(C(C)C)no3)CC2)n1. The van der Waals surface area contributed by atoms with E-state index in [1.54, 1.807) is 0 Å². The minimum Gasteiger partial charge on any atom is -0.477 e. The summed E-state index contributed by atoms with van der Waals surface area (Å²) < 4.78 is 5.40. The molecule has 3 heterocycles. The number of piperidine rings is 1. The van der Waals surface area contributed by atoms with Crippen LogP contribution in [-0.2, 0) is 0 Å². The summed E-state index contributed by atoms with van der Waals surface area (Å²) in [6.07, 6.45) is 4.89. The third kappa shape index (κ3) is 3.76. The Morgan fingerprint density at radius 1 is 1.36 bits per heavy atom. The number of carboxylic acids is 1. The van der Waals surface area contributed by atoms with Crippen molar-refractivity contribution in [1.29, 1.82) is 0 Å². The van der Waals surface area contributed by atoms with E-state index in [1.165, 1.54) is 18.0 Å². The predicted octanol–water partition coefficient (Wildman–Crippen LogP) is 2.79. The smallest absolute Gasteiger partial charge is 0.341 e. The first-order valence-electron chi connectivity index (χ1n) is 8.22. The number of thioether (sulfide) groups is 1. The van der Waals surface area contributed by atoms with Gasteiger partial charge < -0.3 is 14.5 Å². The summed E-state index contributed by atoms with van der Waals surface area (Å²) in [5.74, 6) is 1.32. The second kappa shape index (κ2) is 7.38. The van der Waals surface area contributed by atoms with Crippen molar-refractivity contribution < 1.29 is 14.4 Å². The number of hydrogen-bond donors (Lipinski definition) is 1.